The van der Waals surface area contributed by atoms with Gasteiger partial charge in [-0.2, -0.15) is 5.10 Å². The van der Waals surface area contributed by atoms with E-state index in [1.807, 2.05) is 13.0 Å². The van der Waals surface area contributed by atoms with E-state index in [2.05, 4.69) is 20.4 Å². The molecule has 24 heavy (non-hydrogen) atoms. The quantitative estimate of drug-likeness (QED) is 0.740. The molecule has 2 fully saturated rings. The van der Waals surface area contributed by atoms with Crippen molar-refractivity contribution in [1.82, 2.24) is 15.5 Å². The lowest BCUT2D eigenvalue weighted by Crippen LogP contribution is -2.30. The number of imide groups is 1. The fourth-order valence-corrected chi connectivity index (χ4v) is 3.28. The summed E-state index contributed by atoms with van der Waals surface area (Å²) in [5.41, 5.74) is 7.77. The monoisotopic (exact) mass is 331 g/mol. The Kier molecular flexibility index (Phi) is 4.48. The third-order valence-electron chi connectivity index (χ3n) is 4.51. The minimum Gasteiger partial charge on any atom is -0.404 e. The zero-order chi connectivity index (χ0) is 17.3. The minimum atomic E-state index is -0.583. The SMILES string of the molecule is CC(=O)NC(=O)/C(=C\N)c1cc(N2CC3COCC3C2)c(C)nn1. The third-order valence-corrected chi connectivity index (χ3v) is 4.51. The van der Waals surface area contributed by atoms with Crippen LogP contribution in [0, 0.1) is 18.8 Å². The van der Waals surface area contributed by atoms with Gasteiger partial charge in [0.15, 0.2) is 0 Å². The lowest BCUT2D eigenvalue weighted by Gasteiger charge is -2.21. The van der Waals surface area contributed by atoms with Crippen LogP contribution in [0.25, 0.3) is 5.57 Å². The van der Waals surface area contributed by atoms with Gasteiger partial charge in [0.1, 0.15) is 5.69 Å². The van der Waals surface area contributed by atoms with Crippen molar-refractivity contribution in [2.45, 2.75) is 13.8 Å². The largest absolute Gasteiger partial charge is 0.404 e. The van der Waals surface area contributed by atoms with Gasteiger partial charge < -0.3 is 15.4 Å². The Morgan fingerprint density at radius 1 is 1.33 bits per heavy atom. The maximum atomic E-state index is 12.1. The van der Waals surface area contributed by atoms with Crippen LogP contribution in [-0.2, 0) is 14.3 Å². The summed E-state index contributed by atoms with van der Waals surface area (Å²) in [6, 6.07) is 1.81. The molecule has 3 heterocycles. The average Bonchev–Trinajstić information content (AvgIpc) is 3.10. The highest BCUT2D eigenvalue weighted by Crippen LogP contribution is 2.34. The summed E-state index contributed by atoms with van der Waals surface area (Å²) in [6.07, 6.45) is 1.15. The smallest absolute Gasteiger partial charge is 0.261 e. The van der Waals surface area contributed by atoms with Crippen LogP contribution in [0.15, 0.2) is 12.3 Å². The normalized spacial score (nSPS) is 23.2. The summed E-state index contributed by atoms with van der Waals surface area (Å²) >= 11 is 0. The van der Waals surface area contributed by atoms with Crippen LogP contribution in [0.1, 0.15) is 18.3 Å². The maximum Gasteiger partial charge on any atom is 0.261 e. The lowest BCUT2D eigenvalue weighted by atomic mass is 10.0. The Morgan fingerprint density at radius 3 is 2.58 bits per heavy atom. The second-order valence-electron chi connectivity index (χ2n) is 6.25. The first-order valence-corrected chi connectivity index (χ1v) is 7.90. The number of rotatable bonds is 3. The van der Waals surface area contributed by atoms with Gasteiger partial charge in [0.2, 0.25) is 5.91 Å². The Balaban J connectivity index is 1.86. The molecule has 2 aliphatic heterocycles. The predicted molar refractivity (Wildman–Crippen MR) is 87.8 cm³/mol. The summed E-state index contributed by atoms with van der Waals surface area (Å²) in [6.45, 7) is 6.54. The summed E-state index contributed by atoms with van der Waals surface area (Å²) in [4.78, 5) is 25.4. The maximum absolute atomic E-state index is 12.1. The third kappa shape index (κ3) is 3.09. The molecule has 128 valence electrons. The van der Waals surface area contributed by atoms with Crippen molar-refractivity contribution < 1.29 is 14.3 Å². The molecule has 2 aliphatic rings. The molecule has 0 spiro atoms. The molecule has 0 saturated carbocycles. The van der Waals surface area contributed by atoms with E-state index in [4.69, 9.17) is 10.5 Å². The summed E-state index contributed by atoms with van der Waals surface area (Å²) in [7, 11) is 0. The topological polar surface area (TPSA) is 110 Å². The van der Waals surface area contributed by atoms with E-state index in [1.54, 1.807) is 0 Å². The van der Waals surface area contributed by atoms with Gasteiger partial charge in [-0.15, -0.1) is 5.10 Å². The molecule has 0 aliphatic carbocycles. The van der Waals surface area contributed by atoms with Crippen molar-refractivity contribution in [2.24, 2.45) is 17.6 Å². The first-order valence-electron chi connectivity index (χ1n) is 7.90. The van der Waals surface area contributed by atoms with Crippen molar-refractivity contribution in [1.29, 1.82) is 0 Å². The average molecular weight is 331 g/mol. The fourth-order valence-electron chi connectivity index (χ4n) is 3.28. The molecule has 3 rings (SSSR count). The number of carbonyl (C=O) groups excluding carboxylic acids is 2. The Morgan fingerprint density at radius 2 is 2.00 bits per heavy atom. The number of amides is 2. The summed E-state index contributed by atoms with van der Waals surface area (Å²) < 4.78 is 5.51. The molecule has 0 radical (unpaired) electrons. The Labute approximate surface area is 140 Å². The number of nitrogens with zero attached hydrogens (tertiary/aromatic N) is 3. The standard InChI is InChI=1S/C16H21N5O3/c1-9-15(21-5-11-7-24-8-12(11)6-21)3-14(20-19-9)13(4-17)16(23)18-10(2)22/h3-4,11-12H,5-8,17H2,1-2H3,(H,18,22,23)/b13-4-. The number of carbonyl (C=O) groups is 2. The van der Waals surface area contributed by atoms with Crippen LogP contribution in [-0.4, -0.2) is 48.3 Å². The molecular weight excluding hydrogens is 310 g/mol. The molecule has 2 amide bonds. The van der Waals surface area contributed by atoms with Gasteiger partial charge in [0.25, 0.3) is 5.91 Å². The zero-order valence-corrected chi connectivity index (χ0v) is 13.8. The number of aromatic nitrogens is 2. The van der Waals surface area contributed by atoms with E-state index in [-0.39, 0.29) is 5.57 Å². The first-order chi connectivity index (χ1) is 11.5. The van der Waals surface area contributed by atoms with E-state index >= 15 is 0 Å². The van der Waals surface area contributed by atoms with Crippen LogP contribution in [0.4, 0.5) is 5.69 Å². The molecular formula is C16H21N5O3. The number of hydrogen-bond acceptors (Lipinski definition) is 7. The highest BCUT2D eigenvalue weighted by atomic mass is 16.5. The summed E-state index contributed by atoms with van der Waals surface area (Å²) in [5.74, 6) is 0.0332. The van der Waals surface area contributed by atoms with E-state index in [0.717, 1.165) is 43.9 Å². The molecule has 2 unspecified atom stereocenters. The number of anilines is 1. The second kappa shape index (κ2) is 6.56. The molecule has 0 aromatic carbocycles. The lowest BCUT2D eigenvalue weighted by molar-refractivity contribution is -0.126. The van der Waals surface area contributed by atoms with Crippen LogP contribution in [0.3, 0.4) is 0 Å². The van der Waals surface area contributed by atoms with Crippen molar-refractivity contribution in [3.8, 4) is 0 Å². The number of fused-ring (bicyclic) bond motifs is 1. The Bertz CT molecular complexity index is 691. The highest BCUT2D eigenvalue weighted by Gasteiger charge is 2.37. The number of ether oxygens (including phenoxy) is 1. The number of nitrogens with one attached hydrogen (secondary N) is 1. The molecule has 8 nitrogen and oxygen atoms in total. The molecule has 2 saturated heterocycles. The molecule has 8 heteroatoms. The molecule has 2 atom stereocenters. The fraction of sp³-hybridized carbons (Fsp3) is 0.500. The number of aryl methyl sites for hydroxylation is 1. The van der Waals surface area contributed by atoms with Gasteiger partial charge in [-0.3, -0.25) is 14.9 Å². The van der Waals surface area contributed by atoms with Crippen LogP contribution < -0.4 is 16.0 Å². The van der Waals surface area contributed by atoms with Crippen LogP contribution in [0.2, 0.25) is 0 Å². The molecule has 3 N–H and O–H groups in total. The van der Waals surface area contributed by atoms with Crippen LogP contribution >= 0.6 is 0 Å². The molecule has 1 aromatic heterocycles. The van der Waals surface area contributed by atoms with Crippen molar-refractivity contribution in [3.63, 3.8) is 0 Å². The van der Waals surface area contributed by atoms with Gasteiger partial charge >= 0.3 is 0 Å². The first kappa shape index (κ1) is 16.4. The highest BCUT2D eigenvalue weighted by molar-refractivity contribution is 6.22. The minimum absolute atomic E-state index is 0.127. The van der Waals surface area contributed by atoms with Crippen LogP contribution in [0.5, 0.6) is 0 Å². The number of nitrogens with two attached hydrogens (primary N) is 1. The zero-order valence-electron chi connectivity index (χ0n) is 13.8. The van der Waals surface area contributed by atoms with Gasteiger partial charge in [-0.1, -0.05) is 0 Å². The number of hydrogen-bond donors (Lipinski definition) is 2. The van der Waals surface area contributed by atoms with E-state index in [1.165, 1.54) is 6.92 Å². The van der Waals surface area contributed by atoms with Crippen molar-refractivity contribution in [2.75, 3.05) is 31.2 Å². The molecule has 0 bridgehead atoms. The van der Waals surface area contributed by atoms with E-state index < -0.39 is 11.8 Å². The van der Waals surface area contributed by atoms with E-state index in [0.29, 0.717) is 17.5 Å². The van der Waals surface area contributed by atoms with Gasteiger partial charge in [0.05, 0.1) is 30.2 Å². The van der Waals surface area contributed by atoms with Crippen molar-refractivity contribution >= 4 is 23.1 Å². The molecule has 1 aromatic rings. The predicted octanol–water partition coefficient (Wildman–Crippen LogP) is -0.170. The Hall–Kier alpha value is -2.48. The summed E-state index contributed by atoms with van der Waals surface area (Å²) in [5, 5.41) is 10.4. The second-order valence-corrected chi connectivity index (χ2v) is 6.25. The van der Waals surface area contributed by atoms with Gasteiger partial charge in [0, 0.05) is 38.0 Å². The van der Waals surface area contributed by atoms with E-state index in [9.17, 15) is 9.59 Å². The van der Waals surface area contributed by atoms with Crippen molar-refractivity contribution in [3.05, 3.63) is 23.7 Å². The van der Waals surface area contributed by atoms with Gasteiger partial charge in [-0.25, -0.2) is 0 Å². The van der Waals surface area contributed by atoms with Gasteiger partial charge in [-0.05, 0) is 13.0 Å².